The summed E-state index contributed by atoms with van der Waals surface area (Å²) in [5, 5.41) is 0. The van der Waals surface area contributed by atoms with Crippen molar-refractivity contribution in [3.8, 4) is 0 Å². The first-order valence-corrected chi connectivity index (χ1v) is 8.53. The smallest absolute Gasteiger partial charge is 0.255 e. The predicted molar refractivity (Wildman–Crippen MR) is 81.0 cm³/mol. The van der Waals surface area contributed by atoms with Crippen molar-refractivity contribution in [3.63, 3.8) is 0 Å². The molecule has 1 fully saturated rings. The molecule has 0 N–H and O–H groups in total. The van der Waals surface area contributed by atoms with Crippen molar-refractivity contribution in [2.45, 2.75) is 38.9 Å². The van der Waals surface area contributed by atoms with E-state index in [1.807, 2.05) is 19.9 Å². The Balaban J connectivity index is 2.60. The van der Waals surface area contributed by atoms with E-state index in [0.717, 1.165) is 27.8 Å². The minimum Gasteiger partial charge on any atom is -0.274 e. The zero-order valence-corrected chi connectivity index (χ0v) is 13.7. The largest absolute Gasteiger partial charge is 0.274 e. The van der Waals surface area contributed by atoms with Gasteiger partial charge in [-0.25, -0.2) is 13.3 Å². The van der Waals surface area contributed by atoms with Gasteiger partial charge in [-0.15, -0.1) is 0 Å². The predicted octanol–water partition coefficient (Wildman–Crippen LogP) is 1.68. The zero-order chi connectivity index (χ0) is 16.2. The van der Waals surface area contributed by atoms with Crippen molar-refractivity contribution in [3.05, 3.63) is 28.8 Å². The van der Waals surface area contributed by atoms with Gasteiger partial charge in [0.1, 0.15) is 0 Å². The Morgan fingerprint density at radius 1 is 1.05 bits per heavy atom. The third-order valence-electron chi connectivity index (χ3n) is 4.27. The summed E-state index contributed by atoms with van der Waals surface area (Å²) in [6.07, 6.45) is 0.686. The second-order valence-corrected chi connectivity index (χ2v) is 8.38. The molecule has 0 bridgehead atoms. The van der Waals surface area contributed by atoms with Gasteiger partial charge in [0.15, 0.2) is 14.6 Å². The molecule has 114 valence electrons. The Morgan fingerprint density at radius 3 is 2.05 bits per heavy atom. The van der Waals surface area contributed by atoms with E-state index >= 15 is 0 Å². The van der Waals surface area contributed by atoms with Crippen LogP contribution < -0.4 is 4.90 Å². The van der Waals surface area contributed by atoms with Gasteiger partial charge in [-0.05, 0) is 50.5 Å². The minimum atomic E-state index is -3.67. The van der Waals surface area contributed by atoms with E-state index in [1.54, 1.807) is 13.0 Å². The molecule has 0 aromatic heterocycles. The van der Waals surface area contributed by atoms with Crippen LogP contribution in [0.1, 0.15) is 30.0 Å². The number of carbonyl (C=O) groups excluding carboxylic acids is 2. The van der Waals surface area contributed by atoms with E-state index in [9.17, 15) is 18.0 Å². The van der Waals surface area contributed by atoms with Crippen LogP contribution in [-0.2, 0) is 19.4 Å². The van der Waals surface area contributed by atoms with Crippen LogP contribution in [0.2, 0.25) is 0 Å². The molecule has 0 radical (unpaired) electrons. The van der Waals surface area contributed by atoms with Gasteiger partial charge in [0.25, 0.3) is 5.91 Å². The number of rotatable bonds is 2. The van der Waals surface area contributed by atoms with Crippen molar-refractivity contribution in [2.75, 3.05) is 11.2 Å². The first-order valence-electron chi connectivity index (χ1n) is 6.64. The van der Waals surface area contributed by atoms with Crippen LogP contribution in [0.15, 0.2) is 12.1 Å². The molecule has 21 heavy (non-hydrogen) atoms. The molecule has 0 saturated carbocycles. The number of carbonyl (C=O) groups is 2. The number of imide groups is 1. The highest BCUT2D eigenvalue weighted by molar-refractivity contribution is 7.93. The van der Waals surface area contributed by atoms with Crippen LogP contribution in [0, 0.1) is 20.8 Å². The topological polar surface area (TPSA) is 71.5 Å². The number of benzene rings is 1. The summed E-state index contributed by atoms with van der Waals surface area (Å²) in [6.45, 7) is 6.96. The van der Waals surface area contributed by atoms with Gasteiger partial charge >= 0.3 is 0 Å². The molecule has 2 rings (SSSR count). The molecule has 1 aromatic carbocycles. The third kappa shape index (κ3) is 2.27. The highest BCUT2D eigenvalue weighted by atomic mass is 32.2. The monoisotopic (exact) mass is 309 g/mol. The lowest BCUT2D eigenvalue weighted by atomic mass is 10.0. The Kier molecular flexibility index (Phi) is 3.48. The Bertz CT molecular complexity index is 751. The summed E-state index contributed by atoms with van der Waals surface area (Å²) < 4.78 is 22.1. The molecule has 0 aliphatic carbocycles. The maximum absolute atomic E-state index is 12.6. The van der Waals surface area contributed by atoms with Gasteiger partial charge in [0, 0.05) is 6.26 Å². The average molecular weight is 309 g/mol. The molecule has 1 unspecified atom stereocenters. The normalized spacial score (nSPS) is 23.0. The molecule has 1 aliphatic rings. The quantitative estimate of drug-likeness (QED) is 0.779. The van der Waals surface area contributed by atoms with Crippen LogP contribution in [0.25, 0.3) is 0 Å². The van der Waals surface area contributed by atoms with Crippen LogP contribution in [0.3, 0.4) is 0 Å². The molecule has 2 amide bonds. The second kappa shape index (κ2) is 4.66. The Morgan fingerprint density at radius 2 is 1.57 bits per heavy atom. The fourth-order valence-corrected chi connectivity index (χ4v) is 3.31. The summed E-state index contributed by atoms with van der Waals surface area (Å²) in [4.78, 5) is 25.8. The van der Waals surface area contributed by atoms with Gasteiger partial charge < -0.3 is 0 Å². The Hall–Kier alpha value is -1.69. The highest BCUT2D eigenvalue weighted by Crippen LogP contribution is 2.36. The summed E-state index contributed by atoms with van der Waals surface area (Å²) in [7, 11) is -3.67. The molecule has 1 aromatic rings. The number of amides is 2. The summed E-state index contributed by atoms with van der Waals surface area (Å²) in [5.74, 6) is -1.14. The molecule has 6 heteroatoms. The average Bonchev–Trinajstić information content (AvgIpc) is 2.56. The fourth-order valence-electron chi connectivity index (χ4n) is 2.51. The van der Waals surface area contributed by atoms with E-state index in [2.05, 4.69) is 0 Å². The van der Waals surface area contributed by atoms with Crippen LogP contribution in [-0.4, -0.2) is 31.2 Å². The van der Waals surface area contributed by atoms with Crippen LogP contribution in [0.4, 0.5) is 5.69 Å². The van der Waals surface area contributed by atoms with Crippen molar-refractivity contribution >= 4 is 27.3 Å². The highest BCUT2D eigenvalue weighted by Gasteiger charge is 2.55. The maximum atomic E-state index is 12.6. The van der Waals surface area contributed by atoms with Gasteiger partial charge in [-0.3, -0.25) is 9.59 Å². The number of sulfone groups is 1. The molecule has 1 atom stereocenters. The van der Waals surface area contributed by atoms with Gasteiger partial charge in [0.05, 0.1) is 12.1 Å². The van der Waals surface area contributed by atoms with Crippen molar-refractivity contribution in [1.29, 1.82) is 0 Å². The van der Waals surface area contributed by atoms with E-state index in [0.29, 0.717) is 5.69 Å². The van der Waals surface area contributed by atoms with E-state index < -0.39 is 26.4 Å². The fraction of sp³-hybridized carbons (Fsp3) is 0.467. The molecular formula is C15H19NO4S. The second-order valence-electron chi connectivity index (χ2n) is 5.94. The van der Waals surface area contributed by atoms with E-state index in [1.165, 1.54) is 6.92 Å². The SMILES string of the molecule is Cc1cc(C)c(N2C(=O)CC(C)(S(C)(=O)=O)C2=O)cc1C. The van der Waals surface area contributed by atoms with Crippen LogP contribution in [0.5, 0.6) is 0 Å². The van der Waals surface area contributed by atoms with Crippen molar-refractivity contribution in [1.82, 2.24) is 0 Å². The third-order valence-corrected chi connectivity index (χ3v) is 6.22. The molecule has 0 spiro atoms. The Labute approximate surface area is 124 Å². The van der Waals surface area contributed by atoms with Crippen LogP contribution >= 0.6 is 0 Å². The lowest BCUT2D eigenvalue weighted by molar-refractivity contribution is -0.121. The van der Waals surface area contributed by atoms with E-state index in [4.69, 9.17) is 0 Å². The first-order chi connectivity index (χ1) is 9.49. The number of hydrogen-bond acceptors (Lipinski definition) is 4. The first kappa shape index (κ1) is 15.7. The number of anilines is 1. The number of aryl methyl sites for hydroxylation is 3. The van der Waals surface area contributed by atoms with Gasteiger partial charge in [-0.1, -0.05) is 6.07 Å². The standard InChI is InChI=1S/C15H19NO4S/c1-9-6-11(3)12(7-10(9)2)16-13(17)8-15(4,14(16)18)21(5,19)20/h6-7H,8H2,1-5H3. The lowest BCUT2D eigenvalue weighted by Gasteiger charge is -2.22. The summed E-state index contributed by atoms with van der Waals surface area (Å²) >= 11 is 0. The van der Waals surface area contributed by atoms with E-state index in [-0.39, 0.29) is 6.42 Å². The molecule has 5 nitrogen and oxygen atoms in total. The van der Waals surface area contributed by atoms with Gasteiger partial charge in [-0.2, -0.15) is 0 Å². The van der Waals surface area contributed by atoms with Gasteiger partial charge in [0.2, 0.25) is 5.91 Å². The molecule has 1 aliphatic heterocycles. The number of hydrogen-bond donors (Lipinski definition) is 0. The summed E-state index contributed by atoms with van der Waals surface area (Å²) in [5.41, 5.74) is 3.25. The molecule has 1 heterocycles. The number of nitrogens with zero attached hydrogens (tertiary/aromatic N) is 1. The maximum Gasteiger partial charge on any atom is 0.255 e. The summed E-state index contributed by atoms with van der Waals surface area (Å²) in [6, 6.07) is 3.65. The minimum absolute atomic E-state index is 0.309. The van der Waals surface area contributed by atoms with Crippen molar-refractivity contribution < 1.29 is 18.0 Å². The van der Waals surface area contributed by atoms with Crippen molar-refractivity contribution in [2.24, 2.45) is 0 Å². The lowest BCUT2D eigenvalue weighted by Crippen LogP contribution is -2.44. The molecular weight excluding hydrogens is 290 g/mol. The zero-order valence-electron chi connectivity index (χ0n) is 12.9. The molecule has 1 saturated heterocycles.